The summed E-state index contributed by atoms with van der Waals surface area (Å²) in [6.07, 6.45) is 2.25. The third kappa shape index (κ3) is 2.20. The van der Waals surface area contributed by atoms with Crippen LogP contribution < -0.4 is 15.4 Å². The summed E-state index contributed by atoms with van der Waals surface area (Å²) in [5.74, 6) is 1.45. The van der Waals surface area contributed by atoms with Crippen LogP contribution in [0.5, 0.6) is 6.01 Å². The molecule has 0 radical (unpaired) electrons. The van der Waals surface area contributed by atoms with E-state index in [4.69, 9.17) is 10.5 Å². The lowest BCUT2D eigenvalue weighted by Gasteiger charge is -2.30. The van der Waals surface area contributed by atoms with Gasteiger partial charge in [-0.2, -0.15) is 4.98 Å². The van der Waals surface area contributed by atoms with Gasteiger partial charge >= 0.3 is 6.01 Å². The van der Waals surface area contributed by atoms with E-state index in [1.165, 1.54) is 0 Å². The summed E-state index contributed by atoms with van der Waals surface area (Å²) in [6, 6.07) is 0.394. The van der Waals surface area contributed by atoms with Crippen LogP contribution in [0.1, 0.15) is 12.8 Å². The molecule has 2 heterocycles. The molecule has 84 valence electrons. The maximum atomic E-state index is 5.64. The lowest BCUT2D eigenvalue weighted by atomic mass is 9.97. The fourth-order valence-corrected chi connectivity index (χ4v) is 1.85. The molecule has 2 rings (SSSR count). The van der Waals surface area contributed by atoms with Gasteiger partial charge in [-0.25, -0.2) is 5.10 Å². The highest BCUT2D eigenvalue weighted by atomic mass is 16.5. The zero-order valence-electron chi connectivity index (χ0n) is 8.94. The first-order valence-corrected chi connectivity index (χ1v) is 5.25. The highest BCUT2D eigenvalue weighted by molar-refractivity contribution is 5.30. The Kier molecular flexibility index (Phi) is 3.05. The molecular weight excluding hydrogens is 194 g/mol. The quantitative estimate of drug-likeness (QED) is 0.735. The number of ether oxygens (including phenoxy) is 1. The predicted molar refractivity (Wildman–Crippen MR) is 56.9 cm³/mol. The maximum absolute atomic E-state index is 5.64. The molecule has 1 aliphatic rings. The third-order valence-corrected chi connectivity index (χ3v) is 2.88. The molecule has 0 aromatic carbocycles. The topological polar surface area (TPSA) is 80.1 Å². The maximum Gasteiger partial charge on any atom is 0.336 e. The Balaban J connectivity index is 1.95. The summed E-state index contributed by atoms with van der Waals surface area (Å²) in [5.41, 5.74) is 5.64. The van der Waals surface area contributed by atoms with Crippen molar-refractivity contribution >= 4 is 5.95 Å². The van der Waals surface area contributed by atoms with Gasteiger partial charge in [0.05, 0.1) is 7.11 Å². The van der Waals surface area contributed by atoms with E-state index in [-0.39, 0.29) is 0 Å². The van der Waals surface area contributed by atoms with E-state index in [1.54, 1.807) is 7.11 Å². The first-order valence-electron chi connectivity index (χ1n) is 5.25. The molecular formula is C9H17N5O. The Hall–Kier alpha value is -1.30. The van der Waals surface area contributed by atoms with Gasteiger partial charge in [-0.05, 0) is 25.3 Å². The second kappa shape index (κ2) is 4.48. The van der Waals surface area contributed by atoms with Crippen molar-refractivity contribution in [3.63, 3.8) is 0 Å². The second-order valence-corrected chi connectivity index (χ2v) is 3.81. The van der Waals surface area contributed by atoms with Crippen LogP contribution in [0.15, 0.2) is 0 Å². The van der Waals surface area contributed by atoms with Crippen molar-refractivity contribution in [2.75, 3.05) is 31.6 Å². The molecule has 0 atom stereocenters. The van der Waals surface area contributed by atoms with Gasteiger partial charge < -0.3 is 15.4 Å². The largest absolute Gasteiger partial charge is 0.466 e. The Labute approximate surface area is 88.8 Å². The number of aromatic nitrogens is 3. The van der Waals surface area contributed by atoms with Crippen LogP contribution in [0.25, 0.3) is 0 Å². The molecule has 0 bridgehead atoms. The van der Waals surface area contributed by atoms with Gasteiger partial charge in [0.1, 0.15) is 0 Å². The summed E-state index contributed by atoms with van der Waals surface area (Å²) in [7, 11) is 1.56. The van der Waals surface area contributed by atoms with Gasteiger partial charge in [0.25, 0.3) is 0 Å². The highest BCUT2D eigenvalue weighted by Gasteiger charge is 2.20. The van der Waals surface area contributed by atoms with Crippen LogP contribution in [0.3, 0.4) is 0 Å². The fourth-order valence-electron chi connectivity index (χ4n) is 1.85. The fraction of sp³-hybridized carbons (Fsp3) is 0.778. The minimum absolute atomic E-state index is 0.394. The van der Waals surface area contributed by atoms with Gasteiger partial charge in [0.2, 0.25) is 5.95 Å². The van der Waals surface area contributed by atoms with Crippen LogP contribution >= 0.6 is 0 Å². The van der Waals surface area contributed by atoms with Crippen molar-refractivity contribution in [1.29, 1.82) is 0 Å². The number of nitrogens with two attached hydrogens (primary N) is 1. The number of anilines is 1. The molecule has 0 aliphatic carbocycles. The first-order chi connectivity index (χ1) is 7.33. The Morgan fingerprint density at radius 2 is 2.27 bits per heavy atom. The van der Waals surface area contributed by atoms with Crippen LogP contribution in [0.4, 0.5) is 5.95 Å². The number of piperidine rings is 1. The van der Waals surface area contributed by atoms with Crippen molar-refractivity contribution < 1.29 is 4.74 Å². The minimum atomic E-state index is 0.394. The zero-order valence-corrected chi connectivity index (χ0v) is 8.94. The molecule has 1 saturated heterocycles. The summed E-state index contributed by atoms with van der Waals surface area (Å²) in [6.45, 7) is 2.76. The summed E-state index contributed by atoms with van der Waals surface area (Å²) in [4.78, 5) is 6.39. The Bertz CT molecular complexity index is 305. The normalized spacial score (nSPS) is 18.1. The molecule has 1 aliphatic heterocycles. The third-order valence-electron chi connectivity index (χ3n) is 2.88. The van der Waals surface area contributed by atoms with Crippen molar-refractivity contribution in [2.24, 2.45) is 11.7 Å². The van der Waals surface area contributed by atoms with Gasteiger partial charge in [0, 0.05) is 13.1 Å². The van der Waals surface area contributed by atoms with E-state index in [9.17, 15) is 0 Å². The van der Waals surface area contributed by atoms with Gasteiger partial charge in [0.15, 0.2) is 0 Å². The number of methoxy groups -OCH3 is 1. The van der Waals surface area contributed by atoms with Crippen molar-refractivity contribution in [3.8, 4) is 6.01 Å². The molecule has 0 saturated carbocycles. The van der Waals surface area contributed by atoms with Gasteiger partial charge in [-0.15, -0.1) is 5.10 Å². The molecule has 1 fully saturated rings. The van der Waals surface area contributed by atoms with Gasteiger partial charge in [-0.3, -0.25) is 0 Å². The van der Waals surface area contributed by atoms with E-state index < -0.39 is 0 Å². The van der Waals surface area contributed by atoms with Gasteiger partial charge in [-0.1, -0.05) is 0 Å². The summed E-state index contributed by atoms with van der Waals surface area (Å²) < 4.78 is 4.93. The number of nitrogens with one attached hydrogen (secondary N) is 1. The predicted octanol–water partition coefficient (Wildman–Crippen LogP) is -0.0116. The second-order valence-electron chi connectivity index (χ2n) is 3.81. The van der Waals surface area contributed by atoms with Crippen LogP contribution in [-0.4, -0.2) is 41.9 Å². The molecule has 0 unspecified atom stereocenters. The Morgan fingerprint density at radius 3 is 2.80 bits per heavy atom. The molecule has 0 spiro atoms. The lowest BCUT2D eigenvalue weighted by molar-refractivity contribution is 0.381. The van der Waals surface area contributed by atoms with Crippen LogP contribution in [-0.2, 0) is 0 Å². The Morgan fingerprint density at radius 1 is 1.53 bits per heavy atom. The molecule has 15 heavy (non-hydrogen) atoms. The summed E-state index contributed by atoms with van der Waals surface area (Å²) in [5, 5.41) is 6.79. The molecule has 3 N–H and O–H groups in total. The zero-order chi connectivity index (χ0) is 10.7. The number of aromatic amines is 1. The number of hydrogen-bond donors (Lipinski definition) is 2. The number of hydrogen-bond acceptors (Lipinski definition) is 5. The van der Waals surface area contributed by atoms with E-state index in [2.05, 4.69) is 20.1 Å². The number of H-pyrrole nitrogens is 1. The van der Waals surface area contributed by atoms with Crippen molar-refractivity contribution in [3.05, 3.63) is 0 Å². The van der Waals surface area contributed by atoms with Crippen molar-refractivity contribution in [2.45, 2.75) is 12.8 Å². The number of rotatable bonds is 3. The molecule has 0 amide bonds. The molecule has 1 aromatic heterocycles. The first kappa shape index (κ1) is 10.2. The van der Waals surface area contributed by atoms with E-state index >= 15 is 0 Å². The standard InChI is InChI=1S/C9H17N5O/c1-15-9-11-8(12-13-9)14-4-2-7(6-10)3-5-14/h7H,2-6,10H2,1H3,(H,11,12,13). The van der Waals surface area contributed by atoms with E-state index in [0.717, 1.165) is 38.4 Å². The molecule has 6 nitrogen and oxygen atoms in total. The van der Waals surface area contributed by atoms with E-state index in [1.807, 2.05) is 0 Å². The van der Waals surface area contributed by atoms with Crippen LogP contribution in [0, 0.1) is 5.92 Å². The lowest BCUT2D eigenvalue weighted by Crippen LogP contribution is -2.36. The van der Waals surface area contributed by atoms with Crippen LogP contribution in [0.2, 0.25) is 0 Å². The highest BCUT2D eigenvalue weighted by Crippen LogP contribution is 2.20. The average Bonchev–Trinajstić information content (AvgIpc) is 2.78. The molecule has 1 aromatic rings. The summed E-state index contributed by atoms with van der Waals surface area (Å²) >= 11 is 0. The van der Waals surface area contributed by atoms with E-state index in [0.29, 0.717) is 11.9 Å². The average molecular weight is 211 g/mol. The minimum Gasteiger partial charge on any atom is -0.466 e. The number of nitrogens with zero attached hydrogens (tertiary/aromatic N) is 3. The molecule has 6 heteroatoms. The van der Waals surface area contributed by atoms with Crippen molar-refractivity contribution in [1.82, 2.24) is 15.2 Å². The SMILES string of the molecule is COc1n[nH]c(N2CCC(CN)CC2)n1. The smallest absolute Gasteiger partial charge is 0.336 e. The monoisotopic (exact) mass is 211 g/mol.